The number of ether oxygens (including phenoxy) is 1. The Balaban J connectivity index is 2.12. The zero-order valence-corrected chi connectivity index (χ0v) is 12.1. The highest BCUT2D eigenvalue weighted by atomic mass is 16.5. The van der Waals surface area contributed by atoms with E-state index in [0.717, 1.165) is 25.2 Å². The van der Waals surface area contributed by atoms with Crippen molar-refractivity contribution in [3.8, 4) is 0 Å². The van der Waals surface area contributed by atoms with Crippen LogP contribution in [0.1, 0.15) is 25.3 Å². The van der Waals surface area contributed by atoms with Crippen molar-refractivity contribution in [2.45, 2.75) is 32.0 Å². The molecule has 1 aliphatic heterocycles. The molecule has 3 unspecified atom stereocenters. The molecule has 3 N–H and O–H groups in total. The van der Waals surface area contributed by atoms with Gasteiger partial charge in [0.15, 0.2) is 0 Å². The van der Waals surface area contributed by atoms with Crippen LogP contribution in [0.25, 0.3) is 0 Å². The second kappa shape index (κ2) is 6.72. The smallest absolute Gasteiger partial charge is 0.147 e. The molecule has 3 atom stereocenters. The molecule has 20 heavy (non-hydrogen) atoms. The molecular formula is C15H23N3O2. The Morgan fingerprint density at radius 2 is 1.95 bits per heavy atom. The van der Waals surface area contributed by atoms with E-state index in [1.54, 1.807) is 0 Å². The van der Waals surface area contributed by atoms with E-state index < -0.39 is 0 Å². The third-order valence-corrected chi connectivity index (χ3v) is 3.61. The van der Waals surface area contributed by atoms with Crippen molar-refractivity contribution in [3.63, 3.8) is 0 Å². The normalized spacial score (nSPS) is 26.4. The zero-order chi connectivity index (χ0) is 14.5. The summed E-state index contributed by atoms with van der Waals surface area (Å²) in [7, 11) is 0. The first-order valence-corrected chi connectivity index (χ1v) is 7.00. The van der Waals surface area contributed by atoms with Crippen LogP contribution < -0.4 is 5.73 Å². The molecule has 0 spiro atoms. The van der Waals surface area contributed by atoms with Crippen molar-refractivity contribution in [2.24, 2.45) is 10.9 Å². The Bertz CT molecular complexity index is 440. The first kappa shape index (κ1) is 14.8. The van der Waals surface area contributed by atoms with Crippen molar-refractivity contribution in [1.29, 1.82) is 0 Å². The van der Waals surface area contributed by atoms with Crippen molar-refractivity contribution in [3.05, 3.63) is 35.9 Å². The Morgan fingerprint density at radius 3 is 2.50 bits per heavy atom. The third-order valence-electron chi connectivity index (χ3n) is 3.61. The van der Waals surface area contributed by atoms with Gasteiger partial charge < -0.3 is 15.7 Å². The molecule has 0 aromatic heterocycles. The van der Waals surface area contributed by atoms with E-state index in [0.29, 0.717) is 0 Å². The summed E-state index contributed by atoms with van der Waals surface area (Å²) in [6, 6.07) is 9.92. The molecule has 0 amide bonds. The van der Waals surface area contributed by atoms with Gasteiger partial charge in [0.05, 0.1) is 18.1 Å². The maximum Gasteiger partial charge on any atom is 0.147 e. The fraction of sp³-hybridized carbons (Fsp3) is 0.533. The van der Waals surface area contributed by atoms with Crippen LogP contribution in [0.3, 0.4) is 0 Å². The lowest BCUT2D eigenvalue weighted by Gasteiger charge is -2.37. The van der Waals surface area contributed by atoms with Crippen molar-refractivity contribution >= 4 is 5.84 Å². The van der Waals surface area contributed by atoms with Gasteiger partial charge in [-0.05, 0) is 19.4 Å². The molecule has 0 bridgehead atoms. The van der Waals surface area contributed by atoms with Crippen molar-refractivity contribution in [2.75, 3.05) is 19.6 Å². The van der Waals surface area contributed by atoms with Crippen LogP contribution in [-0.4, -0.2) is 47.8 Å². The highest BCUT2D eigenvalue weighted by molar-refractivity contribution is 5.87. The summed E-state index contributed by atoms with van der Waals surface area (Å²) in [4.78, 5) is 2.31. The van der Waals surface area contributed by atoms with Crippen LogP contribution in [0.5, 0.6) is 0 Å². The van der Waals surface area contributed by atoms with E-state index >= 15 is 0 Å². The maximum absolute atomic E-state index is 9.02. The van der Waals surface area contributed by atoms with Crippen LogP contribution >= 0.6 is 0 Å². The SMILES string of the molecule is CC1CN(CC(C(N)=NO)c2ccccc2)CC(C)O1. The average Bonchev–Trinajstić information content (AvgIpc) is 2.44. The second-order valence-electron chi connectivity index (χ2n) is 5.46. The number of morpholine rings is 1. The Kier molecular flexibility index (Phi) is 4.98. The number of nitrogens with zero attached hydrogens (tertiary/aromatic N) is 2. The average molecular weight is 277 g/mol. The fourth-order valence-electron chi connectivity index (χ4n) is 2.82. The summed E-state index contributed by atoms with van der Waals surface area (Å²) in [6.45, 7) is 6.62. The number of benzene rings is 1. The van der Waals surface area contributed by atoms with Gasteiger partial charge in [-0.1, -0.05) is 35.5 Å². The summed E-state index contributed by atoms with van der Waals surface area (Å²) < 4.78 is 5.74. The molecule has 1 saturated heterocycles. The molecule has 0 aliphatic carbocycles. The van der Waals surface area contributed by atoms with E-state index in [2.05, 4.69) is 23.9 Å². The Labute approximate surface area is 120 Å². The van der Waals surface area contributed by atoms with Gasteiger partial charge in [-0.25, -0.2) is 0 Å². The third kappa shape index (κ3) is 3.71. The van der Waals surface area contributed by atoms with Crippen LogP contribution in [-0.2, 0) is 4.74 Å². The summed E-state index contributed by atoms with van der Waals surface area (Å²) in [6.07, 6.45) is 0.421. The largest absolute Gasteiger partial charge is 0.409 e. The van der Waals surface area contributed by atoms with Crippen LogP contribution in [0.4, 0.5) is 0 Å². The number of hydrogen-bond donors (Lipinski definition) is 2. The van der Waals surface area contributed by atoms with E-state index in [1.807, 2.05) is 30.3 Å². The van der Waals surface area contributed by atoms with Gasteiger partial charge in [0.2, 0.25) is 0 Å². The Hall–Kier alpha value is -1.59. The second-order valence-corrected chi connectivity index (χ2v) is 5.46. The van der Waals surface area contributed by atoms with Crippen molar-refractivity contribution in [1.82, 2.24) is 4.90 Å². The standard InChI is InChI=1S/C15H23N3O2/c1-11-8-18(9-12(2)20-11)10-14(15(16)17-19)13-6-4-3-5-7-13/h3-7,11-12,14,19H,8-10H2,1-2H3,(H2,16,17). The quantitative estimate of drug-likeness (QED) is 0.380. The first-order valence-electron chi connectivity index (χ1n) is 7.00. The predicted octanol–water partition coefficient (Wildman–Crippen LogP) is 1.63. The highest BCUT2D eigenvalue weighted by Gasteiger charge is 2.26. The van der Waals surface area contributed by atoms with E-state index in [9.17, 15) is 0 Å². The minimum Gasteiger partial charge on any atom is -0.409 e. The van der Waals surface area contributed by atoms with Crippen LogP contribution in [0.15, 0.2) is 35.5 Å². The monoisotopic (exact) mass is 277 g/mol. The van der Waals surface area contributed by atoms with Gasteiger partial charge in [0, 0.05) is 19.6 Å². The summed E-state index contributed by atoms with van der Waals surface area (Å²) in [5.41, 5.74) is 6.94. The number of rotatable bonds is 4. The minimum atomic E-state index is -0.0984. The number of oxime groups is 1. The molecule has 1 heterocycles. The number of nitrogens with two attached hydrogens (primary N) is 1. The van der Waals surface area contributed by atoms with Crippen LogP contribution in [0, 0.1) is 0 Å². The summed E-state index contributed by atoms with van der Waals surface area (Å²) in [5.74, 6) is 0.154. The molecule has 110 valence electrons. The van der Waals surface area contributed by atoms with Gasteiger partial charge in [-0.3, -0.25) is 4.90 Å². The fourth-order valence-corrected chi connectivity index (χ4v) is 2.82. The topological polar surface area (TPSA) is 71.1 Å². The first-order chi connectivity index (χ1) is 9.60. The number of amidine groups is 1. The van der Waals surface area contributed by atoms with Crippen molar-refractivity contribution < 1.29 is 9.94 Å². The molecular weight excluding hydrogens is 254 g/mol. The number of hydrogen-bond acceptors (Lipinski definition) is 4. The highest BCUT2D eigenvalue weighted by Crippen LogP contribution is 2.20. The van der Waals surface area contributed by atoms with Gasteiger partial charge >= 0.3 is 0 Å². The molecule has 5 heteroatoms. The van der Waals surface area contributed by atoms with Gasteiger partial charge in [0.25, 0.3) is 0 Å². The predicted molar refractivity (Wildman–Crippen MR) is 79.0 cm³/mol. The molecule has 1 aromatic rings. The van der Waals surface area contributed by atoms with E-state index in [1.165, 1.54) is 0 Å². The molecule has 1 aliphatic rings. The molecule has 0 saturated carbocycles. The summed E-state index contributed by atoms with van der Waals surface area (Å²) >= 11 is 0. The molecule has 2 rings (SSSR count). The van der Waals surface area contributed by atoms with Crippen LogP contribution in [0.2, 0.25) is 0 Å². The van der Waals surface area contributed by atoms with E-state index in [-0.39, 0.29) is 24.0 Å². The lowest BCUT2D eigenvalue weighted by atomic mass is 9.97. The summed E-state index contributed by atoms with van der Waals surface area (Å²) in [5, 5.41) is 12.2. The Morgan fingerprint density at radius 1 is 1.35 bits per heavy atom. The van der Waals surface area contributed by atoms with E-state index in [4.69, 9.17) is 15.7 Å². The zero-order valence-electron chi connectivity index (χ0n) is 12.1. The molecule has 0 radical (unpaired) electrons. The van der Waals surface area contributed by atoms with Gasteiger partial charge in [0.1, 0.15) is 5.84 Å². The lowest BCUT2D eigenvalue weighted by molar-refractivity contribution is -0.0681. The minimum absolute atomic E-state index is 0.0984. The van der Waals surface area contributed by atoms with Gasteiger partial charge in [-0.15, -0.1) is 0 Å². The van der Waals surface area contributed by atoms with Gasteiger partial charge in [-0.2, -0.15) is 0 Å². The lowest BCUT2D eigenvalue weighted by Crippen LogP contribution is -2.48. The molecule has 1 aromatic carbocycles. The molecule has 5 nitrogen and oxygen atoms in total. The molecule has 1 fully saturated rings. The maximum atomic E-state index is 9.02.